The highest BCUT2D eigenvalue weighted by atomic mass is 19.2. The molecule has 2 rings (SSSR count). The van der Waals surface area contributed by atoms with E-state index in [9.17, 15) is 18.0 Å². The predicted octanol–water partition coefficient (Wildman–Crippen LogP) is 2.62. The predicted molar refractivity (Wildman–Crippen MR) is 68.3 cm³/mol. The van der Waals surface area contributed by atoms with E-state index in [2.05, 4.69) is 5.32 Å². The molecule has 0 unspecified atom stereocenters. The fourth-order valence-corrected chi connectivity index (χ4v) is 1.62. The molecule has 0 atom stereocenters. The number of hydrogen-bond acceptors (Lipinski definition) is 2. The molecule has 0 fully saturated rings. The van der Waals surface area contributed by atoms with E-state index in [0.29, 0.717) is 5.56 Å². The minimum atomic E-state index is -0.984. The Morgan fingerprint density at radius 2 is 1.70 bits per heavy atom. The standard InChI is InChI=1S/C14H11F3N2O/c15-10-3-1-8(5-12(10)17)7-19-14(20)9-2-4-11(16)13(18)6-9/h1-6H,7,18H2,(H,19,20). The SMILES string of the molecule is Nc1cc(C(=O)NCc2ccc(F)c(F)c2)ccc1F. The summed E-state index contributed by atoms with van der Waals surface area (Å²) in [5.74, 6) is -3.03. The summed E-state index contributed by atoms with van der Waals surface area (Å²) < 4.78 is 38.7. The van der Waals surface area contributed by atoms with Crippen LogP contribution in [0.3, 0.4) is 0 Å². The molecule has 20 heavy (non-hydrogen) atoms. The van der Waals surface area contributed by atoms with Crippen molar-refractivity contribution in [2.45, 2.75) is 6.54 Å². The number of carbonyl (C=O) groups excluding carboxylic acids is 1. The van der Waals surface area contributed by atoms with Crippen LogP contribution in [0.25, 0.3) is 0 Å². The van der Waals surface area contributed by atoms with Crippen molar-refractivity contribution >= 4 is 11.6 Å². The summed E-state index contributed by atoms with van der Waals surface area (Å²) >= 11 is 0. The first-order valence-corrected chi connectivity index (χ1v) is 5.74. The summed E-state index contributed by atoms with van der Waals surface area (Å²) in [4.78, 5) is 11.8. The van der Waals surface area contributed by atoms with Gasteiger partial charge in [0.05, 0.1) is 5.69 Å². The summed E-state index contributed by atoms with van der Waals surface area (Å²) in [6.07, 6.45) is 0. The zero-order chi connectivity index (χ0) is 14.7. The third kappa shape index (κ3) is 3.09. The number of amides is 1. The topological polar surface area (TPSA) is 55.1 Å². The molecule has 0 aromatic heterocycles. The van der Waals surface area contributed by atoms with E-state index in [0.717, 1.165) is 18.2 Å². The molecule has 0 aliphatic heterocycles. The fourth-order valence-electron chi connectivity index (χ4n) is 1.62. The summed E-state index contributed by atoms with van der Waals surface area (Å²) in [6, 6.07) is 6.91. The van der Waals surface area contributed by atoms with Crippen molar-refractivity contribution in [3.8, 4) is 0 Å². The first-order valence-electron chi connectivity index (χ1n) is 5.74. The van der Waals surface area contributed by atoms with Crippen LogP contribution in [0.1, 0.15) is 15.9 Å². The summed E-state index contributed by atoms with van der Waals surface area (Å²) in [5.41, 5.74) is 5.82. The van der Waals surface area contributed by atoms with Gasteiger partial charge in [-0.25, -0.2) is 13.2 Å². The van der Waals surface area contributed by atoms with Crippen molar-refractivity contribution in [1.29, 1.82) is 0 Å². The Bertz CT molecular complexity index is 659. The second kappa shape index (κ2) is 5.64. The number of nitrogens with two attached hydrogens (primary N) is 1. The lowest BCUT2D eigenvalue weighted by Gasteiger charge is -2.07. The molecule has 104 valence electrons. The number of benzene rings is 2. The lowest BCUT2D eigenvalue weighted by Crippen LogP contribution is -2.23. The van der Waals surface area contributed by atoms with Crippen LogP contribution in [0.4, 0.5) is 18.9 Å². The third-order valence-electron chi connectivity index (χ3n) is 2.70. The van der Waals surface area contributed by atoms with Gasteiger partial charge in [-0.15, -0.1) is 0 Å². The van der Waals surface area contributed by atoms with Gasteiger partial charge in [0, 0.05) is 12.1 Å². The second-order valence-electron chi connectivity index (χ2n) is 4.17. The van der Waals surface area contributed by atoms with Gasteiger partial charge in [0.25, 0.3) is 5.91 Å². The number of halogens is 3. The van der Waals surface area contributed by atoms with Gasteiger partial charge in [0.2, 0.25) is 0 Å². The van der Waals surface area contributed by atoms with Gasteiger partial charge in [-0.05, 0) is 35.9 Å². The van der Waals surface area contributed by atoms with E-state index in [1.165, 1.54) is 18.2 Å². The van der Waals surface area contributed by atoms with Crippen LogP contribution >= 0.6 is 0 Å². The maximum absolute atomic E-state index is 13.0. The molecule has 0 saturated heterocycles. The van der Waals surface area contributed by atoms with Crippen LogP contribution < -0.4 is 11.1 Å². The number of carbonyl (C=O) groups is 1. The number of rotatable bonds is 3. The zero-order valence-corrected chi connectivity index (χ0v) is 10.3. The molecular weight excluding hydrogens is 269 g/mol. The van der Waals surface area contributed by atoms with Crippen LogP contribution in [-0.2, 0) is 6.54 Å². The Kier molecular flexibility index (Phi) is 3.93. The monoisotopic (exact) mass is 280 g/mol. The van der Waals surface area contributed by atoms with Crippen molar-refractivity contribution < 1.29 is 18.0 Å². The fraction of sp³-hybridized carbons (Fsp3) is 0.0714. The Morgan fingerprint density at radius 3 is 2.35 bits per heavy atom. The highest BCUT2D eigenvalue weighted by Crippen LogP contribution is 2.13. The smallest absolute Gasteiger partial charge is 0.251 e. The van der Waals surface area contributed by atoms with Crippen molar-refractivity contribution in [2.24, 2.45) is 0 Å². The van der Waals surface area contributed by atoms with E-state index >= 15 is 0 Å². The Hall–Kier alpha value is -2.50. The minimum absolute atomic E-state index is 0.0211. The first kappa shape index (κ1) is 13.9. The molecule has 2 aromatic rings. The number of nitrogen functional groups attached to an aromatic ring is 1. The van der Waals surface area contributed by atoms with Gasteiger partial charge in [-0.3, -0.25) is 4.79 Å². The summed E-state index contributed by atoms with van der Waals surface area (Å²) in [7, 11) is 0. The van der Waals surface area contributed by atoms with Gasteiger partial charge >= 0.3 is 0 Å². The molecule has 0 heterocycles. The molecule has 3 nitrogen and oxygen atoms in total. The molecule has 1 amide bonds. The Labute approximate surface area is 113 Å². The minimum Gasteiger partial charge on any atom is -0.396 e. The van der Waals surface area contributed by atoms with Gasteiger partial charge in [-0.1, -0.05) is 6.07 Å². The van der Waals surface area contributed by atoms with E-state index < -0.39 is 23.4 Å². The van der Waals surface area contributed by atoms with Gasteiger partial charge in [-0.2, -0.15) is 0 Å². The molecule has 0 saturated carbocycles. The molecule has 0 radical (unpaired) electrons. The van der Waals surface area contributed by atoms with Crippen LogP contribution in [-0.4, -0.2) is 5.91 Å². The van der Waals surface area contributed by atoms with Crippen LogP contribution in [0.5, 0.6) is 0 Å². The number of hydrogen-bond donors (Lipinski definition) is 2. The highest BCUT2D eigenvalue weighted by molar-refractivity contribution is 5.94. The summed E-state index contributed by atoms with van der Waals surface area (Å²) in [5, 5.41) is 2.50. The molecular formula is C14H11F3N2O. The van der Waals surface area contributed by atoms with Crippen molar-refractivity contribution in [2.75, 3.05) is 5.73 Å². The van der Waals surface area contributed by atoms with E-state index in [4.69, 9.17) is 5.73 Å². The van der Waals surface area contributed by atoms with E-state index in [1.807, 2.05) is 0 Å². The maximum Gasteiger partial charge on any atom is 0.251 e. The lowest BCUT2D eigenvalue weighted by atomic mass is 10.1. The normalized spacial score (nSPS) is 10.3. The van der Waals surface area contributed by atoms with Gasteiger partial charge in [0.15, 0.2) is 11.6 Å². The average molecular weight is 280 g/mol. The second-order valence-corrected chi connectivity index (χ2v) is 4.17. The molecule has 0 bridgehead atoms. The highest BCUT2D eigenvalue weighted by Gasteiger charge is 2.09. The zero-order valence-electron chi connectivity index (χ0n) is 10.3. The van der Waals surface area contributed by atoms with Crippen LogP contribution in [0, 0.1) is 17.5 Å². The van der Waals surface area contributed by atoms with Crippen LogP contribution in [0.15, 0.2) is 36.4 Å². The van der Waals surface area contributed by atoms with E-state index in [1.54, 1.807) is 0 Å². The van der Waals surface area contributed by atoms with E-state index in [-0.39, 0.29) is 17.8 Å². The van der Waals surface area contributed by atoms with Crippen molar-refractivity contribution in [1.82, 2.24) is 5.32 Å². The number of nitrogens with one attached hydrogen (secondary N) is 1. The molecule has 0 aliphatic carbocycles. The summed E-state index contributed by atoms with van der Waals surface area (Å²) in [6.45, 7) is 0.0211. The van der Waals surface area contributed by atoms with Crippen molar-refractivity contribution in [3.05, 3.63) is 65.0 Å². The molecule has 2 aromatic carbocycles. The van der Waals surface area contributed by atoms with Crippen molar-refractivity contribution in [3.63, 3.8) is 0 Å². The van der Waals surface area contributed by atoms with Gasteiger partial charge in [0.1, 0.15) is 5.82 Å². The molecule has 3 N–H and O–H groups in total. The quantitative estimate of drug-likeness (QED) is 0.849. The maximum atomic E-state index is 13.0. The molecule has 0 aliphatic rings. The Balaban J connectivity index is 2.04. The molecule has 6 heteroatoms. The number of anilines is 1. The molecule has 0 spiro atoms. The lowest BCUT2D eigenvalue weighted by molar-refractivity contribution is 0.0951. The average Bonchev–Trinajstić information content (AvgIpc) is 2.43. The Morgan fingerprint density at radius 1 is 1.00 bits per heavy atom. The third-order valence-corrected chi connectivity index (χ3v) is 2.70. The largest absolute Gasteiger partial charge is 0.396 e. The van der Waals surface area contributed by atoms with Gasteiger partial charge < -0.3 is 11.1 Å². The van der Waals surface area contributed by atoms with Crippen LogP contribution in [0.2, 0.25) is 0 Å². The first-order chi connectivity index (χ1) is 9.47.